The van der Waals surface area contributed by atoms with E-state index in [4.69, 9.17) is 0 Å². The van der Waals surface area contributed by atoms with E-state index in [-0.39, 0.29) is 11.8 Å². The van der Waals surface area contributed by atoms with E-state index < -0.39 is 0 Å². The molecule has 0 aliphatic carbocycles. The van der Waals surface area contributed by atoms with Crippen LogP contribution in [0.15, 0.2) is 66.9 Å². The molecule has 0 fully saturated rings. The van der Waals surface area contributed by atoms with E-state index in [2.05, 4.69) is 4.98 Å². The second-order valence-electron chi connectivity index (χ2n) is 5.78. The van der Waals surface area contributed by atoms with Crippen LogP contribution < -0.4 is 4.90 Å². The molecule has 0 aliphatic rings. The number of aromatic nitrogens is 2. The Labute approximate surface area is 146 Å². The molecule has 0 aliphatic heterocycles. The number of hydrogen-bond acceptors (Lipinski definition) is 3. The maximum absolute atomic E-state index is 12.0. The Bertz CT molecular complexity index is 872. The van der Waals surface area contributed by atoms with Gasteiger partial charge in [-0.05, 0) is 5.56 Å². The van der Waals surface area contributed by atoms with Crippen LogP contribution in [-0.2, 0) is 16.1 Å². The van der Waals surface area contributed by atoms with Gasteiger partial charge in [-0.25, -0.2) is 9.88 Å². The summed E-state index contributed by atoms with van der Waals surface area (Å²) in [5, 5.41) is 0. The SMILES string of the molecule is CC(=O)N(C(C)=O)c1nc(-c2ccccc2)cn1Cc1ccccc1. The Morgan fingerprint density at radius 2 is 1.48 bits per heavy atom. The first kappa shape index (κ1) is 16.6. The molecule has 126 valence electrons. The fourth-order valence-electron chi connectivity index (χ4n) is 2.73. The lowest BCUT2D eigenvalue weighted by atomic mass is 10.2. The van der Waals surface area contributed by atoms with Crippen LogP contribution in [0, 0.1) is 0 Å². The number of amides is 2. The van der Waals surface area contributed by atoms with Gasteiger partial charge < -0.3 is 4.57 Å². The van der Waals surface area contributed by atoms with E-state index in [9.17, 15) is 9.59 Å². The summed E-state index contributed by atoms with van der Waals surface area (Å²) in [6.07, 6.45) is 1.87. The van der Waals surface area contributed by atoms with Gasteiger partial charge in [0.1, 0.15) is 0 Å². The number of rotatable bonds is 4. The van der Waals surface area contributed by atoms with Gasteiger partial charge in [-0.3, -0.25) is 9.59 Å². The molecule has 0 radical (unpaired) electrons. The van der Waals surface area contributed by atoms with E-state index in [1.807, 2.05) is 71.4 Å². The molecule has 0 spiro atoms. The van der Waals surface area contributed by atoms with E-state index in [0.717, 1.165) is 21.7 Å². The average molecular weight is 333 g/mol. The highest BCUT2D eigenvalue weighted by atomic mass is 16.2. The molecule has 2 amide bonds. The summed E-state index contributed by atoms with van der Waals surface area (Å²) >= 11 is 0. The zero-order valence-corrected chi connectivity index (χ0v) is 14.2. The first-order valence-electron chi connectivity index (χ1n) is 8.04. The normalized spacial score (nSPS) is 10.5. The van der Waals surface area contributed by atoms with Gasteiger partial charge in [-0.15, -0.1) is 0 Å². The molecule has 0 bridgehead atoms. The zero-order chi connectivity index (χ0) is 17.8. The summed E-state index contributed by atoms with van der Waals surface area (Å²) in [5.41, 5.74) is 2.72. The lowest BCUT2D eigenvalue weighted by Crippen LogP contribution is -2.35. The lowest BCUT2D eigenvalue weighted by molar-refractivity contribution is -0.124. The molecule has 5 nitrogen and oxygen atoms in total. The Balaban J connectivity index is 2.09. The Hall–Kier alpha value is -3.21. The molecule has 0 N–H and O–H groups in total. The third-order valence-corrected chi connectivity index (χ3v) is 3.85. The van der Waals surface area contributed by atoms with E-state index in [1.165, 1.54) is 13.8 Å². The van der Waals surface area contributed by atoms with Crippen molar-refractivity contribution in [1.29, 1.82) is 0 Å². The minimum absolute atomic E-state index is 0.336. The molecule has 0 saturated carbocycles. The van der Waals surface area contributed by atoms with Crippen LogP contribution in [0.3, 0.4) is 0 Å². The van der Waals surface area contributed by atoms with Gasteiger partial charge in [0.2, 0.25) is 17.8 Å². The molecule has 3 rings (SSSR count). The number of carbonyl (C=O) groups is 2. The summed E-state index contributed by atoms with van der Waals surface area (Å²) in [6.45, 7) is 3.25. The standard InChI is InChI=1S/C20H19N3O2/c1-15(24)23(16(2)25)20-21-19(18-11-7-4-8-12-18)14-22(20)13-17-9-5-3-6-10-17/h3-12,14H,13H2,1-2H3. The van der Waals surface area contributed by atoms with Crippen molar-refractivity contribution < 1.29 is 9.59 Å². The van der Waals surface area contributed by atoms with Crippen LogP contribution in [0.25, 0.3) is 11.3 Å². The quantitative estimate of drug-likeness (QED) is 0.734. The predicted octanol–water partition coefficient (Wildman–Crippen LogP) is 3.50. The van der Waals surface area contributed by atoms with Gasteiger partial charge in [-0.2, -0.15) is 0 Å². The first-order valence-corrected chi connectivity index (χ1v) is 8.04. The maximum Gasteiger partial charge on any atom is 0.233 e. The third-order valence-electron chi connectivity index (χ3n) is 3.85. The van der Waals surface area contributed by atoms with Crippen LogP contribution >= 0.6 is 0 Å². The maximum atomic E-state index is 12.0. The highest BCUT2D eigenvalue weighted by Crippen LogP contribution is 2.24. The number of imide groups is 1. The summed E-state index contributed by atoms with van der Waals surface area (Å²) in [6, 6.07) is 19.5. The van der Waals surface area contributed by atoms with Crippen LogP contribution in [0.5, 0.6) is 0 Å². The van der Waals surface area contributed by atoms with Gasteiger partial charge in [0.05, 0.1) is 12.2 Å². The topological polar surface area (TPSA) is 55.2 Å². The average Bonchev–Trinajstić information content (AvgIpc) is 2.99. The van der Waals surface area contributed by atoms with E-state index in [1.54, 1.807) is 0 Å². The van der Waals surface area contributed by atoms with Crippen molar-refractivity contribution in [3.63, 3.8) is 0 Å². The van der Waals surface area contributed by atoms with Crippen molar-refractivity contribution in [2.45, 2.75) is 20.4 Å². The van der Waals surface area contributed by atoms with E-state index in [0.29, 0.717) is 12.5 Å². The number of anilines is 1. The Kier molecular flexibility index (Phi) is 4.75. The van der Waals surface area contributed by atoms with E-state index >= 15 is 0 Å². The molecule has 0 atom stereocenters. The van der Waals surface area contributed by atoms with Crippen LogP contribution in [0.2, 0.25) is 0 Å². The minimum atomic E-state index is -0.355. The van der Waals surface area contributed by atoms with Gasteiger partial charge >= 0.3 is 0 Å². The number of hydrogen-bond donors (Lipinski definition) is 0. The second-order valence-corrected chi connectivity index (χ2v) is 5.78. The highest BCUT2D eigenvalue weighted by molar-refractivity contribution is 6.12. The molecule has 25 heavy (non-hydrogen) atoms. The number of nitrogens with zero attached hydrogens (tertiary/aromatic N) is 3. The summed E-state index contributed by atoms with van der Waals surface area (Å²) < 4.78 is 1.83. The summed E-state index contributed by atoms with van der Waals surface area (Å²) in [5.74, 6) is -0.373. The molecule has 5 heteroatoms. The monoisotopic (exact) mass is 333 g/mol. The fourth-order valence-corrected chi connectivity index (χ4v) is 2.73. The first-order chi connectivity index (χ1) is 12.1. The van der Waals surface area contributed by atoms with Gasteiger partial charge in [0.15, 0.2) is 0 Å². The van der Waals surface area contributed by atoms with Crippen molar-refractivity contribution >= 4 is 17.8 Å². The summed E-state index contributed by atoms with van der Waals surface area (Å²) in [4.78, 5) is 29.6. The molecule has 2 aromatic carbocycles. The fraction of sp³-hybridized carbons (Fsp3) is 0.150. The summed E-state index contributed by atoms with van der Waals surface area (Å²) in [7, 11) is 0. The molecule has 0 saturated heterocycles. The minimum Gasteiger partial charge on any atom is -0.312 e. The highest BCUT2D eigenvalue weighted by Gasteiger charge is 2.23. The van der Waals surface area contributed by atoms with Gasteiger partial charge in [0, 0.05) is 25.6 Å². The second kappa shape index (κ2) is 7.13. The number of benzene rings is 2. The van der Waals surface area contributed by atoms with Crippen molar-refractivity contribution in [2.24, 2.45) is 0 Å². The smallest absolute Gasteiger partial charge is 0.233 e. The van der Waals surface area contributed by atoms with Crippen molar-refractivity contribution in [2.75, 3.05) is 4.90 Å². The Morgan fingerprint density at radius 3 is 2.04 bits per heavy atom. The number of imidazole rings is 1. The molecular formula is C20H19N3O2. The predicted molar refractivity (Wildman–Crippen MR) is 97.0 cm³/mol. The van der Waals surface area contributed by atoms with Gasteiger partial charge in [0.25, 0.3) is 0 Å². The molecule has 0 unspecified atom stereocenters. The zero-order valence-electron chi connectivity index (χ0n) is 14.2. The largest absolute Gasteiger partial charge is 0.312 e. The Morgan fingerprint density at radius 1 is 0.920 bits per heavy atom. The van der Waals surface area contributed by atoms with Crippen LogP contribution in [-0.4, -0.2) is 21.4 Å². The van der Waals surface area contributed by atoms with Crippen molar-refractivity contribution in [3.8, 4) is 11.3 Å². The third kappa shape index (κ3) is 3.66. The van der Waals surface area contributed by atoms with Crippen LogP contribution in [0.1, 0.15) is 19.4 Å². The van der Waals surface area contributed by atoms with Crippen molar-refractivity contribution in [3.05, 3.63) is 72.4 Å². The number of carbonyl (C=O) groups excluding carboxylic acids is 2. The van der Waals surface area contributed by atoms with Crippen molar-refractivity contribution in [1.82, 2.24) is 9.55 Å². The lowest BCUT2D eigenvalue weighted by Gasteiger charge is -2.17. The van der Waals surface area contributed by atoms with Crippen LogP contribution in [0.4, 0.5) is 5.95 Å². The molecular weight excluding hydrogens is 314 g/mol. The molecule has 3 aromatic rings. The molecule has 1 heterocycles. The molecule has 1 aromatic heterocycles. The van der Waals surface area contributed by atoms with Gasteiger partial charge in [-0.1, -0.05) is 60.7 Å².